The molecule has 6 atom stereocenters. The minimum atomic E-state index is -1.18. The Bertz CT molecular complexity index is 1050. The molecule has 2 aliphatic heterocycles. The third-order valence-corrected chi connectivity index (χ3v) is 6.37. The zero-order chi connectivity index (χ0) is 24.2. The van der Waals surface area contributed by atoms with Gasteiger partial charge in [-0.05, 0) is 11.1 Å². The molecule has 7 heteroatoms. The van der Waals surface area contributed by atoms with E-state index in [1.54, 1.807) is 0 Å². The number of benzene rings is 3. The molecule has 5 rings (SSSR count). The second kappa shape index (κ2) is 10.7. The highest BCUT2D eigenvalue weighted by molar-refractivity contribution is 5.82. The lowest BCUT2D eigenvalue weighted by Gasteiger charge is -2.47. The van der Waals surface area contributed by atoms with Gasteiger partial charge in [0.1, 0.15) is 24.2 Å². The Morgan fingerprint density at radius 2 is 1.46 bits per heavy atom. The maximum Gasteiger partial charge on any atom is 0.318 e. The van der Waals surface area contributed by atoms with Crippen LogP contribution >= 0.6 is 0 Å². The van der Waals surface area contributed by atoms with Gasteiger partial charge < -0.3 is 28.8 Å². The fourth-order valence-corrected chi connectivity index (χ4v) is 4.62. The standard InChI is InChI=1S/C28H28O7/c1-31-28-25(23(29)24-21(33-28)17-32-27(35-24)20-15-9-4-10-16-20)34-26(30)22(18-11-5-2-6-12-18)19-13-7-3-8-14-19/h2-16,21-25,27-29H,17H2,1H3/t21-,23+,24-,25-,27-,28+/m1/s1. The number of hydrogen-bond acceptors (Lipinski definition) is 7. The molecule has 0 unspecified atom stereocenters. The second-order valence-corrected chi connectivity index (χ2v) is 8.60. The number of fused-ring (bicyclic) bond motifs is 1. The molecule has 7 nitrogen and oxygen atoms in total. The molecule has 1 N–H and O–H groups in total. The molecule has 2 saturated heterocycles. The topological polar surface area (TPSA) is 83.5 Å². The van der Waals surface area contributed by atoms with Crippen molar-refractivity contribution >= 4 is 5.97 Å². The van der Waals surface area contributed by atoms with Crippen LogP contribution in [0.25, 0.3) is 0 Å². The molecule has 0 bridgehead atoms. The first-order valence-corrected chi connectivity index (χ1v) is 11.6. The van der Waals surface area contributed by atoms with Gasteiger partial charge in [0, 0.05) is 12.7 Å². The van der Waals surface area contributed by atoms with Crippen molar-refractivity contribution in [1.82, 2.24) is 0 Å². The van der Waals surface area contributed by atoms with Gasteiger partial charge in [-0.3, -0.25) is 4.79 Å². The minimum absolute atomic E-state index is 0.207. The molecule has 3 aromatic rings. The molecule has 0 spiro atoms. The minimum Gasteiger partial charge on any atom is -0.453 e. The van der Waals surface area contributed by atoms with E-state index >= 15 is 0 Å². The van der Waals surface area contributed by atoms with E-state index in [0.717, 1.165) is 16.7 Å². The van der Waals surface area contributed by atoms with E-state index in [-0.39, 0.29) is 6.61 Å². The van der Waals surface area contributed by atoms with Crippen LogP contribution in [-0.2, 0) is 28.5 Å². The number of carbonyl (C=O) groups is 1. The molecular weight excluding hydrogens is 448 g/mol. The molecule has 3 aromatic carbocycles. The van der Waals surface area contributed by atoms with Crippen LogP contribution in [0.15, 0.2) is 91.0 Å². The first-order valence-electron chi connectivity index (χ1n) is 11.6. The van der Waals surface area contributed by atoms with E-state index < -0.39 is 48.9 Å². The van der Waals surface area contributed by atoms with Crippen LogP contribution in [-0.4, -0.2) is 55.5 Å². The first kappa shape index (κ1) is 23.7. The lowest BCUT2D eigenvalue weighted by molar-refractivity contribution is -0.359. The summed E-state index contributed by atoms with van der Waals surface area (Å²) in [6.07, 6.45) is -5.22. The zero-order valence-electron chi connectivity index (χ0n) is 19.3. The molecule has 0 saturated carbocycles. The maximum absolute atomic E-state index is 13.6. The fraction of sp³-hybridized carbons (Fsp3) is 0.321. The van der Waals surface area contributed by atoms with E-state index in [4.69, 9.17) is 23.7 Å². The van der Waals surface area contributed by atoms with Crippen molar-refractivity contribution in [1.29, 1.82) is 0 Å². The summed E-state index contributed by atoms with van der Waals surface area (Å²) < 4.78 is 29.3. The highest BCUT2D eigenvalue weighted by Crippen LogP contribution is 2.36. The van der Waals surface area contributed by atoms with Crippen molar-refractivity contribution in [2.24, 2.45) is 0 Å². The number of aliphatic hydroxyl groups is 1. The third kappa shape index (κ3) is 5.00. The monoisotopic (exact) mass is 476 g/mol. The maximum atomic E-state index is 13.6. The van der Waals surface area contributed by atoms with Gasteiger partial charge in [0.25, 0.3) is 0 Å². The van der Waals surface area contributed by atoms with Crippen LogP contribution in [0.4, 0.5) is 0 Å². The van der Waals surface area contributed by atoms with Crippen LogP contribution in [0.3, 0.4) is 0 Å². The van der Waals surface area contributed by atoms with Crippen LogP contribution < -0.4 is 0 Å². The van der Waals surface area contributed by atoms with Gasteiger partial charge in [-0.25, -0.2) is 0 Å². The summed E-state index contributed by atoms with van der Waals surface area (Å²) in [4.78, 5) is 13.6. The summed E-state index contributed by atoms with van der Waals surface area (Å²) >= 11 is 0. The largest absolute Gasteiger partial charge is 0.453 e. The van der Waals surface area contributed by atoms with Crippen LogP contribution in [0, 0.1) is 0 Å². The molecular formula is C28H28O7. The quantitative estimate of drug-likeness (QED) is 0.545. The van der Waals surface area contributed by atoms with Gasteiger partial charge in [0.05, 0.1) is 6.61 Å². The smallest absolute Gasteiger partial charge is 0.318 e. The lowest BCUT2D eigenvalue weighted by Crippen LogP contribution is -2.63. The van der Waals surface area contributed by atoms with Gasteiger partial charge in [-0.15, -0.1) is 0 Å². The van der Waals surface area contributed by atoms with Crippen LogP contribution in [0.5, 0.6) is 0 Å². The highest BCUT2D eigenvalue weighted by atomic mass is 16.8. The third-order valence-electron chi connectivity index (χ3n) is 6.37. The Kier molecular flexibility index (Phi) is 7.22. The summed E-state index contributed by atoms with van der Waals surface area (Å²) in [5, 5.41) is 11.3. The molecule has 35 heavy (non-hydrogen) atoms. The average Bonchev–Trinajstić information content (AvgIpc) is 2.92. The summed E-state index contributed by atoms with van der Waals surface area (Å²) in [6, 6.07) is 28.3. The van der Waals surface area contributed by atoms with Gasteiger partial charge in [-0.2, -0.15) is 0 Å². The Morgan fingerprint density at radius 3 is 2.03 bits per heavy atom. The number of ether oxygens (including phenoxy) is 5. The van der Waals surface area contributed by atoms with E-state index in [2.05, 4.69) is 0 Å². The van der Waals surface area contributed by atoms with E-state index in [1.807, 2.05) is 91.0 Å². The molecule has 2 fully saturated rings. The van der Waals surface area contributed by atoms with Gasteiger partial charge in [-0.1, -0.05) is 91.0 Å². The number of esters is 1. The summed E-state index contributed by atoms with van der Waals surface area (Å²) in [5.74, 6) is -1.19. The van der Waals surface area contributed by atoms with E-state index in [0.29, 0.717) is 0 Å². The Morgan fingerprint density at radius 1 is 0.886 bits per heavy atom. The molecule has 0 aliphatic carbocycles. The predicted molar refractivity (Wildman–Crippen MR) is 126 cm³/mol. The van der Waals surface area contributed by atoms with Gasteiger partial charge >= 0.3 is 5.97 Å². The van der Waals surface area contributed by atoms with Gasteiger partial charge in [0.15, 0.2) is 18.7 Å². The zero-order valence-corrected chi connectivity index (χ0v) is 19.3. The SMILES string of the molecule is CO[C@H]1O[C@@H]2CO[C@@H](c3ccccc3)O[C@H]2[C@H](O)[C@H]1OC(=O)C(c1ccccc1)c1ccccc1. The Balaban J connectivity index is 1.38. The summed E-state index contributed by atoms with van der Waals surface area (Å²) in [6.45, 7) is 0.207. The van der Waals surface area contributed by atoms with Crippen molar-refractivity contribution < 1.29 is 33.6 Å². The van der Waals surface area contributed by atoms with Crippen LogP contribution in [0.2, 0.25) is 0 Å². The molecule has 182 valence electrons. The lowest BCUT2D eigenvalue weighted by atomic mass is 9.91. The second-order valence-electron chi connectivity index (χ2n) is 8.60. The van der Waals surface area contributed by atoms with Crippen molar-refractivity contribution in [3.05, 3.63) is 108 Å². The molecule has 0 amide bonds. The number of aliphatic hydroxyl groups excluding tert-OH is 1. The number of carbonyl (C=O) groups excluding carboxylic acids is 1. The first-order chi connectivity index (χ1) is 17.2. The normalized spacial score (nSPS) is 28.3. The van der Waals surface area contributed by atoms with Crippen molar-refractivity contribution in [2.75, 3.05) is 13.7 Å². The van der Waals surface area contributed by atoms with Crippen molar-refractivity contribution in [3.63, 3.8) is 0 Å². The predicted octanol–water partition coefficient (Wildman–Crippen LogP) is 3.58. The van der Waals surface area contributed by atoms with Crippen molar-refractivity contribution in [2.45, 2.75) is 42.9 Å². The van der Waals surface area contributed by atoms with E-state index in [9.17, 15) is 9.90 Å². The number of methoxy groups -OCH3 is 1. The molecule has 2 aliphatic rings. The van der Waals surface area contributed by atoms with E-state index in [1.165, 1.54) is 7.11 Å². The summed E-state index contributed by atoms with van der Waals surface area (Å²) in [7, 11) is 1.45. The Labute approximate surface area is 204 Å². The van der Waals surface area contributed by atoms with Gasteiger partial charge in [0.2, 0.25) is 0 Å². The number of rotatable bonds is 6. The summed E-state index contributed by atoms with van der Waals surface area (Å²) in [5.41, 5.74) is 2.40. The van der Waals surface area contributed by atoms with Crippen molar-refractivity contribution in [3.8, 4) is 0 Å². The number of hydrogen-bond donors (Lipinski definition) is 1. The average molecular weight is 477 g/mol. The molecule has 0 aromatic heterocycles. The van der Waals surface area contributed by atoms with Crippen LogP contribution in [0.1, 0.15) is 28.9 Å². The highest BCUT2D eigenvalue weighted by Gasteiger charge is 2.51. The fourth-order valence-electron chi connectivity index (χ4n) is 4.62. The molecule has 0 radical (unpaired) electrons. The Hall–Kier alpha value is -3.07. The molecule has 2 heterocycles.